The smallest absolute Gasteiger partial charge is 0.308 e. The Labute approximate surface area is 465 Å². The van der Waals surface area contributed by atoms with Gasteiger partial charge in [-0.2, -0.15) is 0 Å². The van der Waals surface area contributed by atoms with Gasteiger partial charge in [0.05, 0.1) is 37.6 Å². The zero-order valence-electron chi connectivity index (χ0n) is 50.8. The van der Waals surface area contributed by atoms with Crippen LogP contribution in [0.5, 0.6) is 0 Å². The van der Waals surface area contributed by atoms with Gasteiger partial charge in [0, 0.05) is 18.5 Å². The minimum atomic E-state index is -0.627. The van der Waals surface area contributed by atoms with Gasteiger partial charge < -0.3 is 24.4 Å². The monoisotopic (exact) mass is 1060 g/mol. The average Bonchev–Trinajstić information content (AvgIpc) is 3.41. The molecule has 3 atom stereocenters. The van der Waals surface area contributed by atoms with Crippen LogP contribution in [0.4, 0.5) is 0 Å². The van der Waals surface area contributed by atoms with Crippen molar-refractivity contribution in [3.63, 3.8) is 0 Å². The zero-order chi connectivity index (χ0) is 54.7. The highest BCUT2D eigenvalue weighted by molar-refractivity contribution is 5.77. The summed E-state index contributed by atoms with van der Waals surface area (Å²) in [5.41, 5.74) is -0.627. The van der Waals surface area contributed by atoms with Gasteiger partial charge in [0.1, 0.15) is 0 Å². The largest absolute Gasteiger partial charge is 0.465 e. The van der Waals surface area contributed by atoms with Crippen LogP contribution in [0, 0.1) is 17.8 Å². The van der Waals surface area contributed by atoms with Gasteiger partial charge in [-0.15, -0.1) is 0 Å². The lowest BCUT2D eigenvalue weighted by Crippen LogP contribution is -2.50. The zero-order valence-corrected chi connectivity index (χ0v) is 50.8. The summed E-state index contributed by atoms with van der Waals surface area (Å²) in [6.07, 6.45) is 48.6. The molecule has 0 aromatic heterocycles. The SMILES string of the molecule is CCCCCCCCC(CCCCCC)C(=O)OCCCC(CCCOC(=O)C(CCCCCC)CCCCCCCC)(CCCOC(=O)C(CCCCCC)CCCCCCCC)NC(=O)CCN1CCCCC1. The molecular formula is C66H126N2O7. The minimum absolute atomic E-state index is 0.0368. The summed E-state index contributed by atoms with van der Waals surface area (Å²) in [5, 5.41) is 3.58. The Bertz CT molecular complexity index is 1190. The Kier molecular flexibility index (Phi) is 48.5. The number of likely N-dealkylation sites (tertiary alicyclic amines) is 1. The molecule has 0 aromatic carbocycles. The molecule has 75 heavy (non-hydrogen) atoms. The molecule has 0 aromatic rings. The molecule has 1 fully saturated rings. The van der Waals surface area contributed by atoms with Crippen LogP contribution < -0.4 is 5.32 Å². The van der Waals surface area contributed by atoms with Crippen LogP contribution in [0.1, 0.15) is 337 Å². The van der Waals surface area contributed by atoms with E-state index in [-0.39, 0.29) is 41.6 Å². The third-order valence-electron chi connectivity index (χ3n) is 16.6. The highest BCUT2D eigenvalue weighted by Crippen LogP contribution is 2.29. The summed E-state index contributed by atoms with van der Waals surface area (Å²) >= 11 is 0. The third kappa shape index (κ3) is 39.8. The van der Waals surface area contributed by atoms with Crippen LogP contribution in [-0.4, -0.2) is 73.7 Å². The number of ether oxygens (including phenoxy) is 3. The van der Waals surface area contributed by atoms with Gasteiger partial charge in [0.15, 0.2) is 0 Å². The first-order valence-corrected chi connectivity index (χ1v) is 33.2. The fraction of sp³-hybridized carbons (Fsp3) is 0.939. The molecule has 0 aliphatic carbocycles. The lowest BCUT2D eigenvalue weighted by Gasteiger charge is -2.36. The van der Waals surface area contributed by atoms with E-state index in [2.05, 4.69) is 51.8 Å². The molecule has 1 amide bonds. The van der Waals surface area contributed by atoms with Gasteiger partial charge in [-0.3, -0.25) is 19.2 Å². The quantitative estimate of drug-likeness (QED) is 0.0364. The van der Waals surface area contributed by atoms with Crippen LogP contribution in [0.3, 0.4) is 0 Å². The molecule has 0 spiro atoms. The maximum atomic E-state index is 14.2. The third-order valence-corrected chi connectivity index (χ3v) is 16.6. The summed E-state index contributed by atoms with van der Waals surface area (Å²) in [4.78, 5) is 58.1. The van der Waals surface area contributed by atoms with Gasteiger partial charge in [0.2, 0.25) is 5.91 Å². The molecule has 1 saturated heterocycles. The van der Waals surface area contributed by atoms with E-state index in [9.17, 15) is 19.2 Å². The standard InChI is InChI=1S/C66H126N2O7/c1-7-13-19-25-28-35-46-59(43-32-22-16-10-4)63(70)73-56-40-50-66(67-62(69)49-55-68-53-38-31-39-54-68,51-41-57-74-64(71)60(44-33-23-17-11-5)47-36-29-26-20-14-8-2)52-42-58-75-65(72)61(45-34-24-18-12-6)48-37-30-27-21-15-9-3/h59-61H,7-58H2,1-6H3,(H,67,69). The predicted octanol–water partition coefficient (Wildman–Crippen LogP) is 18.7. The van der Waals surface area contributed by atoms with Crippen molar-refractivity contribution < 1.29 is 33.4 Å². The first-order valence-electron chi connectivity index (χ1n) is 33.2. The molecular weight excluding hydrogens is 933 g/mol. The van der Waals surface area contributed by atoms with E-state index < -0.39 is 5.54 Å². The normalized spacial score (nSPS) is 15.0. The fourth-order valence-corrected chi connectivity index (χ4v) is 11.6. The van der Waals surface area contributed by atoms with Crippen molar-refractivity contribution in [2.75, 3.05) is 39.5 Å². The number of carbonyl (C=O) groups excluding carboxylic acids is 4. The molecule has 0 saturated carbocycles. The van der Waals surface area contributed by atoms with E-state index in [1.54, 1.807) is 0 Å². The van der Waals surface area contributed by atoms with E-state index >= 15 is 0 Å². The number of amides is 1. The maximum absolute atomic E-state index is 14.2. The molecule has 1 N–H and O–H groups in total. The van der Waals surface area contributed by atoms with E-state index in [0.29, 0.717) is 64.8 Å². The van der Waals surface area contributed by atoms with Crippen molar-refractivity contribution in [2.24, 2.45) is 17.8 Å². The molecule has 1 aliphatic heterocycles. The van der Waals surface area contributed by atoms with Gasteiger partial charge in [-0.1, -0.05) is 241 Å². The molecule has 9 nitrogen and oxygen atoms in total. The predicted molar refractivity (Wildman–Crippen MR) is 317 cm³/mol. The lowest BCUT2D eigenvalue weighted by molar-refractivity contribution is -0.150. The van der Waals surface area contributed by atoms with Crippen molar-refractivity contribution in [2.45, 2.75) is 342 Å². The molecule has 0 radical (unpaired) electrons. The van der Waals surface area contributed by atoms with E-state index in [0.717, 1.165) is 116 Å². The Morgan fingerprint density at radius 3 is 0.933 bits per heavy atom. The Morgan fingerprint density at radius 2 is 0.640 bits per heavy atom. The number of nitrogens with one attached hydrogen (secondary N) is 1. The van der Waals surface area contributed by atoms with Crippen molar-refractivity contribution in [3.05, 3.63) is 0 Å². The lowest BCUT2D eigenvalue weighted by atomic mass is 9.83. The second-order valence-electron chi connectivity index (χ2n) is 23.6. The molecule has 0 bridgehead atoms. The topological polar surface area (TPSA) is 111 Å². The van der Waals surface area contributed by atoms with Crippen molar-refractivity contribution in [1.82, 2.24) is 10.2 Å². The number of unbranched alkanes of at least 4 members (excludes halogenated alkanes) is 24. The maximum Gasteiger partial charge on any atom is 0.308 e. The Balaban J connectivity index is 3.33. The summed E-state index contributed by atoms with van der Waals surface area (Å²) in [6, 6.07) is 0. The average molecular weight is 1060 g/mol. The van der Waals surface area contributed by atoms with Gasteiger partial charge in [-0.05, 0) is 103 Å². The first-order chi connectivity index (χ1) is 36.7. The number of hydrogen-bond acceptors (Lipinski definition) is 8. The van der Waals surface area contributed by atoms with E-state index in [1.807, 2.05) is 0 Å². The molecule has 1 rings (SSSR count). The fourth-order valence-electron chi connectivity index (χ4n) is 11.6. The first kappa shape index (κ1) is 70.9. The van der Waals surface area contributed by atoms with Crippen LogP contribution in [-0.2, 0) is 33.4 Å². The molecule has 1 aliphatic rings. The summed E-state index contributed by atoms with van der Waals surface area (Å²) in [5.74, 6) is -0.352. The highest BCUT2D eigenvalue weighted by Gasteiger charge is 2.33. The van der Waals surface area contributed by atoms with Gasteiger partial charge >= 0.3 is 17.9 Å². The van der Waals surface area contributed by atoms with Crippen LogP contribution >= 0.6 is 0 Å². The van der Waals surface area contributed by atoms with Gasteiger partial charge in [0.25, 0.3) is 0 Å². The number of carbonyl (C=O) groups is 4. The van der Waals surface area contributed by atoms with Crippen LogP contribution in [0.2, 0.25) is 0 Å². The Hall–Kier alpha value is -2.16. The van der Waals surface area contributed by atoms with Crippen molar-refractivity contribution in [3.8, 4) is 0 Å². The molecule has 9 heteroatoms. The van der Waals surface area contributed by atoms with Crippen LogP contribution in [0.25, 0.3) is 0 Å². The van der Waals surface area contributed by atoms with E-state index in [4.69, 9.17) is 14.2 Å². The van der Waals surface area contributed by atoms with E-state index in [1.165, 1.54) is 154 Å². The number of esters is 3. The number of rotatable bonds is 55. The highest BCUT2D eigenvalue weighted by atomic mass is 16.5. The minimum Gasteiger partial charge on any atom is -0.465 e. The van der Waals surface area contributed by atoms with Crippen molar-refractivity contribution in [1.29, 1.82) is 0 Å². The van der Waals surface area contributed by atoms with Crippen molar-refractivity contribution >= 4 is 23.8 Å². The van der Waals surface area contributed by atoms with Gasteiger partial charge in [-0.25, -0.2) is 0 Å². The molecule has 442 valence electrons. The second-order valence-corrected chi connectivity index (χ2v) is 23.6. The summed E-state index contributed by atoms with van der Waals surface area (Å²) in [7, 11) is 0. The number of nitrogens with zero attached hydrogens (tertiary/aromatic N) is 1. The molecule has 3 unspecified atom stereocenters. The number of piperidine rings is 1. The van der Waals surface area contributed by atoms with Crippen LogP contribution in [0.15, 0.2) is 0 Å². The number of hydrogen-bond donors (Lipinski definition) is 1. The summed E-state index contributed by atoms with van der Waals surface area (Å²) in [6.45, 7) is 17.2. The molecule has 1 heterocycles. The summed E-state index contributed by atoms with van der Waals surface area (Å²) < 4.78 is 18.5. The Morgan fingerprint density at radius 1 is 0.373 bits per heavy atom. The second kappa shape index (κ2) is 51.3.